The minimum Gasteiger partial charge on any atom is -0.341 e. The highest BCUT2D eigenvalue weighted by Gasteiger charge is 2.53. The second kappa shape index (κ2) is 8.13. The first-order valence-corrected chi connectivity index (χ1v) is 9.42. The molecule has 0 spiro atoms. The summed E-state index contributed by atoms with van der Waals surface area (Å²) in [7, 11) is 2.71. The largest absolute Gasteiger partial charge is 0.416 e. The maximum absolute atomic E-state index is 14.5. The number of imide groups is 1. The Morgan fingerprint density at radius 3 is 2.23 bits per heavy atom. The van der Waals surface area contributed by atoms with Gasteiger partial charge in [0.2, 0.25) is 17.7 Å². The van der Waals surface area contributed by atoms with E-state index in [1.54, 1.807) is 0 Å². The molecule has 1 aliphatic rings. The number of halogens is 4. The quantitative estimate of drug-likeness (QED) is 0.533. The van der Waals surface area contributed by atoms with Gasteiger partial charge in [0, 0.05) is 39.0 Å². The lowest BCUT2D eigenvalue weighted by Gasteiger charge is -2.29. The smallest absolute Gasteiger partial charge is 0.341 e. The molecule has 0 aliphatic carbocycles. The minimum absolute atomic E-state index is 0.0116. The van der Waals surface area contributed by atoms with Crippen LogP contribution in [0.5, 0.6) is 0 Å². The molecule has 2 aromatic rings. The predicted molar refractivity (Wildman–Crippen MR) is 103 cm³/mol. The summed E-state index contributed by atoms with van der Waals surface area (Å²) < 4.78 is 52.7. The third-order valence-electron chi connectivity index (χ3n) is 5.51. The molecule has 3 rings (SSSR count). The molecule has 1 aliphatic heterocycles. The zero-order chi connectivity index (χ0) is 23.0. The second-order valence-corrected chi connectivity index (χ2v) is 7.62. The van der Waals surface area contributed by atoms with Gasteiger partial charge in [0.1, 0.15) is 5.82 Å². The Hall–Kier alpha value is -3.23. The predicted octanol–water partition coefficient (Wildman–Crippen LogP) is 3.52. The highest BCUT2D eigenvalue weighted by atomic mass is 19.4. The summed E-state index contributed by atoms with van der Waals surface area (Å²) in [6, 6.07) is 9.86. The van der Waals surface area contributed by atoms with Gasteiger partial charge >= 0.3 is 6.18 Å². The van der Waals surface area contributed by atoms with E-state index < -0.39 is 47.1 Å². The Balaban J connectivity index is 1.84. The van der Waals surface area contributed by atoms with Crippen LogP contribution in [0.25, 0.3) is 0 Å². The molecule has 2 aromatic carbocycles. The van der Waals surface area contributed by atoms with Crippen molar-refractivity contribution in [2.75, 3.05) is 14.1 Å². The Morgan fingerprint density at radius 1 is 1.10 bits per heavy atom. The Bertz CT molecular complexity index is 1020. The van der Waals surface area contributed by atoms with Crippen LogP contribution in [0.15, 0.2) is 48.5 Å². The molecule has 0 aromatic heterocycles. The van der Waals surface area contributed by atoms with E-state index in [4.69, 9.17) is 0 Å². The number of carbonyl (C=O) groups excluding carboxylic acids is 3. The van der Waals surface area contributed by atoms with Crippen molar-refractivity contribution in [2.24, 2.45) is 0 Å². The number of likely N-dealkylation sites (tertiary alicyclic amines) is 1. The van der Waals surface area contributed by atoms with E-state index in [0.717, 1.165) is 23.1 Å². The van der Waals surface area contributed by atoms with Crippen LogP contribution in [-0.2, 0) is 32.5 Å². The maximum Gasteiger partial charge on any atom is 0.416 e. The molecule has 1 unspecified atom stereocenters. The normalized spacial score (nSPS) is 19.1. The van der Waals surface area contributed by atoms with Crippen LogP contribution in [0, 0.1) is 5.82 Å². The van der Waals surface area contributed by atoms with Crippen LogP contribution in [0.2, 0.25) is 0 Å². The lowest BCUT2D eigenvalue weighted by Crippen LogP contribution is -2.42. The SMILES string of the molecule is CN(Cc1ccc(C(F)(F)F)cc1)C(=O)CC1(c2ccccc2F)CC(=O)N(C)C1=O. The summed E-state index contributed by atoms with van der Waals surface area (Å²) in [6.45, 7) is -0.0116. The van der Waals surface area contributed by atoms with Crippen molar-refractivity contribution in [3.05, 3.63) is 71.0 Å². The van der Waals surface area contributed by atoms with Crippen molar-refractivity contribution in [2.45, 2.75) is 31.0 Å². The number of likely N-dealkylation sites (N-methyl/N-ethyl adjacent to an activating group) is 1. The summed E-state index contributed by atoms with van der Waals surface area (Å²) in [5.41, 5.74) is -2.05. The van der Waals surface area contributed by atoms with Crippen molar-refractivity contribution >= 4 is 17.7 Å². The summed E-state index contributed by atoms with van der Waals surface area (Å²) in [5, 5.41) is 0. The Labute approximate surface area is 176 Å². The molecule has 9 heteroatoms. The third kappa shape index (κ3) is 4.30. The molecule has 3 amide bonds. The Kier molecular flexibility index (Phi) is 5.89. The molecule has 0 N–H and O–H groups in total. The summed E-state index contributed by atoms with van der Waals surface area (Å²) >= 11 is 0. The van der Waals surface area contributed by atoms with E-state index in [2.05, 4.69) is 0 Å². The summed E-state index contributed by atoms with van der Waals surface area (Å²) in [6.07, 6.45) is -5.25. The molecule has 0 saturated carbocycles. The second-order valence-electron chi connectivity index (χ2n) is 7.62. The van der Waals surface area contributed by atoms with Gasteiger partial charge in [-0.3, -0.25) is 19.3 Å². The molecule has 31 heavy (non-hydrogen) atoms. The third-order valence-corrected chi connectivity index (χ3v) is 5.51. The van der Waals surface area contributed by atoms with Crippen molar-refractivity contribution in [3.63, 3.8) is 0 Å². The Morgan fingerprint density at radius 2 is 1.71 bits per heavy atom. The van der Waals surface area contributed by atoms with Crippen molar-refractivity contribution < 1.29 is 31.9 Å². The van der Waals surface area contributed by atoms with Gasteiger partial charge in [0.05, 0.1) is 11.0 Å². The van der Waals surface area contributed by atoms with Crippen LogP contribution < -0.4 is 0 Å². The van der Waals surface area contributed by atoms with Crippen molar-refractivity contribution in [3.8, 4) is 0 Å². The number of carbonyl (C=O) groups is 3. The van der Waals surface area contributed by atoms with Crippen LogP contribution >= 0.6 is 0 Å². The number of hydrogen-bond acceptors (Lipinski definition) is 3. The number of amides is 3. The molecule has 1 atom stereocenters. The van der Waals surface area contributed by atoms with Crippen LogP contribution in [0.4, 0.5) is 17.6 Å². The van der Waals surface area contributed by atoms with Crippen LogP contribution in [0.1, 0.15) is 29.5 Å². The first kappa shape index (κ1) is 22.5. The van der Waals surface area contributed by atoms with Crippen molar-refractivity contribution in [1.82, 2.24) is 9.80 Å². The molecule has 0 bridgehead atoms. The number of hydrogen-bond donors (Lipinski definition) is 0. The van der Waals surface area contributed by atoms with Gasteiger partial charge in [-0.2, -0.15) is 13.2 Å². The standard InChI is InChI=1S/C22H20F4N2O3/c1-27(13-14-7-9-15(10-8-14)22(24,25)26)18(29)11-21(12-19(30)28(2)20(21)31)16-5-3-4-6-17(16)23/h3-10H,11-13H2,1-2H3. The van der Waals surface area contributed by atoms with E-state index in [9.17, 15) is 31.9 Å². The minimum atomic E-state index is -4.46. The average molecular weight is 436 g/mol. The zero-order valence-electron chi connectivity index (χ0n) is 16.9. The zero-order valence-corrected chi connectivity index (χ0v) is 16.9. The fourth-order valence-electron chi connectivity index (χ4n) is 3.73. The molecule has 1 heterocycles. The molecule has 1 saturated heterocycles. The molecule has 1 fully saturated rings. The van der Waals surface area contributed by atoms with E-state index in [1.165, 1.54) is 49.3 Å². The van der Waals surface area contributed by atoms with E-state index in [1.807, 2.05) is 0 Å². The van der Waals surface area contributed by atoms with E-state index in [0.29, 0.717) is 5.56 Å². The highest BCUT2D eigenvalue weighted by molar-refractivity contribution is 6.10. The molecular formula is C22H20F4N2O3. The first-order valence-electron chi connectivity index (χ1n) is 9.42. The van der Waals surface area contributed by atoms with Gasteiger partial charge in [0.25, 0.3) is 0 Å². The monoisotopic (exact) mass is 436 g/mol. The fraction of sp³-hybridized carbons (Fsp3) is 0.318. The topological polar surface area (TPSA) is 57.7 Å². The molecule has 164 valence electrons. The molecule has 5 nitrogen and oxygen atoms in total. The maximum atomic E-state index is 14.5. The van der Waals surface area contributed by atoms with Gasteiger partial charge in [-0.1, -0.05) is 30.3 Å². The summed E-state index contributed by atoms with van der Waals surface area (Å²) in [4.78, 5) is 40.1. The van der Waals surface area contributed by atoms with Gasteiger partial charge in [-0.15, -0.1) is 0 Å². The van der Waals surface area contributed by atoms with E-state index >= 15 is 0 Å². The number of benzene rings is 2. The van der Waals surface area contributed by atoms with Gasteiger partial charge < -0.3 is 4.90 Å². The average Bonchev–Trinajstić information content (AvgIpc) is 2.92. The lowest BCUT2D eigenvalue weighted by molar-refractivity contribution is -0.141. The molecular weight excluding hydrogens is 416 g/mol. The molecule has 0 radical (unpaired) electrons. The van der Waals surface area contributed by atoms with Crippen molar-refractivity contribution in [1.29, 1.82) is 0 Å². The van der Waals surface area contributed by atoms with E-state index in [-0.39, 0.29) is 18.5 Å². The van der Waals surface area contributed by atoms with Gasteiger partial charge in [0.15, 0.2) is 0 Å². The van der Waals surface area contributed by atoms with Crippen LogP contribution in [0.3, 0.4) is 0 Å². The number of rotatable bonds is 5. The highest BCUT2D eigenvalue weighted by Crippen LogP contribution is 2.41. The fourth-order valence-corrected chi connectivity index (χ4v) is 3.73. The first-order chi connectivity index (χ1) is 14.5. The van der Waals surface area contributed by atoms with Gasteiger partial charge in [-0.25, -0.2) is 4.39 Å². The lowest BCUT2D eigenvalue weighted by atomic mass is 9.75. The van der Waals surface area contributed by atoms with Gasteiger partial charge in [-0.05, 0) is 23.8 Å². The van der Waals surface area contributed by atoms with Crippen LogP contribution in [-0.4, -0.2) is 41.6 Å². The number of nitrogens with zero attached hydrogens (tertiary/aromatic N) is 2. The number of alkyl halides is 3. The summed E-state index contributed by atoms with van der Waals surface area (Å²) in [5.74, 6) is -2.43.